The number of aryl methyl sites for hydroxylation is 1. The Morgan fingerprint density at radius 1 is 1.24 bits per heavy atom. The first kappa shape index (κ1) is 19.4. The summed E-state index contributed by atoms with van der Waals surface area (Å²) >= 11 is 0. The van der Waals surface area contributed by atoms with E-state index in [1.54, 1.807) is 0 Å². The predicted octanol–water partition coefficient (Wildman–Crippen LogP) is 3.08. The van der Waals surface area contributed by atoms with Crippen molar-refractivity contribution in [2.75, 3.05) is 27.2 Å². The number of benzene rings is 1. The summed E-state index contributed by atoms with van der Waals surface area (Å²) in [5.41, 5.74) is 2.22. The Balaban J connectivity index is 2.04. The maximum atomic E-state index is 12.2. The topological polar surface area (TPSA) is 50.2 Å². The summed E-state index contributed by atoms with van der Waals surface area (Å²) in [6.45, 7) is 6.79. The Labute approximate surface area is 151 Å². The van der Waals surface area contributed by atoms with E-state index >= 15 is 0 Å². The van der Waals surface area contributed by atoms with E-state index in [0.29, 0.717) is 6.54 Å². The van der Waals surface area contributed by atoms with Gasteiger partial charge in [0.05, 0.1) is 11.0 Å². The number of imidazole rings is 1. The number of hydrogen-bond donors (Lipinski definition) is 1. The molecule has 5 nitrogen and oxygen atoms in total. The SMILES string of the molecule is CCC(CC)C(=O)NCCc1nc2ccccc2n1CCCN(C)C. The Kier molecular flexibility index (Phi) is 7.44. The lowest BCUT2D eigenvalue weighted by molar-refractivity contribution is -0.125. The zero-order valence-corrected chi connectivity index (χ0v) is 16.1. The Morgan fingerprint density at radius 3 is 2.64 bits per heavy atom. The molecule has 2 aromatic rings. The third kappa shape index (κ3) is 5.30. The molecule has 0 unspecified atom stereocenters. The minimum Gasteiger partial charge on any atom is -0.355 e. The van der Waals surface area contributed by atoms with Crippen molar-refractivity contribution in [2.45, 2.75) is 46.1 Å². The fraction of sp³-hybridized carbons (Fsp3) is 0.600. The number of aromatic nitrogens is 2. The van der Waals surface area contributed by atoms with Gasteiger partial charge in [-0.1, -0.05) is 26.0 Å². The zero-order valence-electron chi connectivity index (χ0n) is 16.1. The van der Waals surface area contributed by atoms with Crippen LogP contribution in [0.5, 0.6) is 0 Å². The van der Waals surface area contributed by atoms with E-state index < -0.39 is 0 Å². The van der Waals surface area contributed by atoms with Gasteiger partial charge >= 0.3 is 0 Å². The van der Waals surface area contributed by atoms with Crippen LogP contribution in [-0.2, 0) is 17.8 Å². The van der Waals surface area contributed by atoms with E-state index in [4.69, 9.17) is 4.98 Å². The second-order valence-electron chi connectivity index (χ2n) is 6.88. The summed E-state index contributed by atoms with van der Waals surface area (Å²) in [6, 6.07) is 8.28. The normalized spacial score (nSPS) is 11.6. The highest BCUT2D eigenvalue weighted by atomic mass is 16.1. The van der Waals surface area contributed by atoms with Gasteiger partial charge < -0.3 is 14.8 Å². The fourth-order valence-electron chi connectivity index (χ4n) is 3.21. The fourth-order valence-corrected chi connectivity index (χ4v) is 3.21. The molecule has 0 radical (unpaired) electrons. The molecule has 2 rings (SSSR count). The van der Waals surface area contributed by atoms with Gasteiger partial charge in [0.15, 0.2) is 0 Å². The van der Waals surface area contributed by atoms with Crippen LogP contribution >= 0.6 is 0 Å². The van der Waals surface area contributed by atoms with Crippen molar-refractivity contribution in [3.8, 4) is 0 Å². The average Bonchev–Trinajstić information content (AvgIpc) is 2.93. The highest BCUT2D eigenvalue weighted by Gasteiger charge is 2.14. The van der Waals surface area contributed by atoms with Crippen LogP contribution in [0.2, 0.25) is 0 Å². The lowest BCUT2D eigenvalue weighted by atomic mass is 10.0. The molecule has 0 aliphatic rings. The number of carbonyl (C=O) groups excluding carboxylic acids is 1. The van der Waals surface area contributed by atoms with Gasteiger partial charge in [-0.15, -0.1) is 0 Å². The predicted molar refractivity (Wildman–Crippen MR) is 104 cm³/mol. The van der Waals surface area contributed by atoms with Crippen LogP contribution in [0.1, 0.15) is 38.9 Å². The Bertz CT molecular complexity index is 673. The van der Waals surface area contributed by atoms with Gasteiger partial charge in [-0.3, -0.25) is 4.79 Å². The van der Waals surface area contributed by atoms with E-state index in [1.807, 2.05) is 6.07 Å². The van der Waals surface area contributed by atoms with Crippen molar-refractivity contribution in [1.82, 2.24) is 19.8 Å². The monoisotopic (exact) mass is 344 g/mol. The Hall–Kier alpha value is -1.88. The van der Waals surface area contributed by atoms with Gasteiger partial charge in [0, 0.05) is 25.4 Å². The first-order chi connectivity index (χ1) is 12.1. The number of hydrogen-bond acceptors (Lipinski definition) is 3. The van der Waals surface area contributed by atoms with E-state index in [9.17, 15) is 4.79 Å². The summed E-state index contributed by atoms with van der Waals surface area (Å²) in [4.78, 5) is 19.1. The molecule has 0 fully saturated rings. The molecular weight excluding hydrogens is 312 g/mol. The molecule has 138 valence electrons. The van der Waals surface area contributed by atoms with Crippen LogP contribution < -0.4 is 5.32 Å². The molecule has 1 amide bonds. The smallest absolute Gasteiger partial charge is 0.223 e. The summed E-state index contributed by atoms with van der Waals surface area (Å²) in [7, 11) is 4.20. The summed E-state index contributed by atoms with van der Waals surface area (Å²) in [6.07, 6.45) is 3.64. The van der Waals surface area contributed by atoms with E-state index in [2.05, 4.69) is 60.9 Å². The van der Waals surface area contributed by atoms with Crippen molar-refractivity contribution in [2.24, 2.45) is 5.92 Å². The maximum Gasteiger partial charge on any atom is 0.223 e. The van der Waals surface area contributed by atoms with Crippen LogP contribution in [-0.4, -0.2) is 47.5 Å². The molecule has 0 saturated heterocycles. The number of para-hydroxylation sites is 2. The first-order valence-electron chi connectivity index (χ1n) is 9.43. The third-order valence-corrected chi connectivity index (χ3v) is 4.72. The number of nitrogens with one attached hydrogen (secondary N) is 1. The number of amides is 1. The molecule has 5 heteroatoms. The standard InChI is InChI=1S/C20H32N4O/c1-5-16(6-2)20(25)21-13-12-19-22-17-10-7-8-11-18(17)24(19)15-9-14-23(3)4/h7-8,10-11,16H,5-6,9,12-15H2,1-4H3,(H,21,25). The largest absolute Gasteiger partial charge is 0.355 e. The number of fused-ring (bicyclic) bond motifs is 1. The average molecular weight is 345 g/mol. The van der Waals surface area contributed by atoms with Crippen LogP contribution in [0.3, 0.4) is 0 Å². The van der Waals surface area contributed by atoms with Crippen molar-refractivity contribution in [3.05, 3.63) is 30.1 Å². The lowest BCUT2D eigenvalue weighted by Gasteiger charge is -2.14. The molecule has 0 saturated carbocycles. The Morgan fingerprint density at radius 2 is 1.96 bits per heavy atom. The third-order valence-electron chi connectivity index (χ3n) is 4.72. The molecule has 0 bridgehead atoms. The molecule has 1 aromatic heterocycles. The lowest BCUT2D eigenvalue weighted by Crippen LogP contribution is -2.32. The number of carbonyl (C=O) groups is 1. The molecule has 1 heterocycles. The van der Waals surface area contributed by atoms with Crippen LogP contribution in [0, 0.1) is 5.92 Å². The van der Waals surface area contributed by atoms with Crippen molar-refractivity contribution < 1.29 is 4.79 Å². The van der Waals surface area contributed by atoms with Gasteiger partial charge in [0.1, 0.15) is 5.82 Å². The second kappa shape index (κ2) is 9.56. The van der Waals surface area contributed by atoms with Gasteiger partial charge in [0.2, 0.25) is 5.91 Å². The van der Waals surface area contributed by atoms with Gasteiger partial charge in [-0.25, -0.2) is 4.98 Å². The van der Waals surface area contributed by atoms with Crippen molar-refractivity contribution in [1.29, 1.82) is 0 Å². The van der Waals surface area contributed by atoms with Gasteiger partial charge in [-0.05, 0) is 52.0 Å². The maximum absolute atomic E-state index is 12.2. The van der Waals surface area contributed by atoms with Crippen LogP contribution in [0.15, 0.2) is 24.3 Å². The highest BCUT2D eigenvalue weighted by Crippen LogP contribution is 2.17. The minimum atomic E-state index is 0.124. The summed E-state index contributed by atoms with van der Waals surface area (Å²) < 4.78 is 2.31. The second-order valence-corrected chi connectivity index (χ2v) is 6.88. The quantitative estimate of drug-likeness (QED) is 0.720. The molecule has 1 N–H and O–H groups in total. The molecular formula is C20H32N4O. The molecule has 1 aromatic carbocycles. The van der Waals surface area contributed by atoms with E-state index in [1.165, 1.54) is 5.52 Å². The molecule has 0 aliphatic carbocycles. The number of nitrogens with zero attached hydrogens (tertiary/aromatic N) is 3. The van der Waals surface area contributed by atoms with E-state index in [-0.39, 0.29) is 11.8 Å². The van der Waals surface area contributed by atoms with Gasteiger partial charge in [-0.2, -0.15) is 0 Å². The summed E-state index contributed by atoms with van der Waals surface area (Å²) in [5, 5.41) is 3.08. The molecule has 0 aliphatic heterocycles. The zero-order chi connectivity index (χ0) is 18.2. The highest BCUT2D eigenvalue weighted by molar-refractivity contribution is 5.78. The molecule has 0 spiro atoms. The van der Waals surface area contributed by atoms with Crippen LogP contribution in [0.4, 0.5) is 0 Å². The van der Waals surface area contributed by atoms with E-state index in [0.717, 1.165) is 50.1 Å². The first-order valence-corrected chi connectivity index (χ1v) is 9.43. The molecule has 0 atom stereocenters. The summed E-state index contributed by atoms with van der Waals surface area (Å²) in [5.74, 6) is 1.35. The molecule has 25 heavy (non-hydrogen) atoms. The van der Waals surface area contributed by atoms with Crippen molar-refractivity contribution >= 4 is 16.9 Å². The van der Waals surface area contributed by atoms with Crippen molar-refractivity contribution in [3.63, 3.8) is 0 Å². The van der Waals surface area contributed by atoms with Crippen LogP contribution in [0.25, 0.3) is 11.0 Å². The van der Waals surface area contributed by atoms with Gasteiger partial charge in [0.25, 0.3) is 0 Å². The number of rotatable bonds is 10. The minimum absolute atomic E-state index is 0.124.